The zero-order valence-corrected chi connectivity index (χ0v) is 36.1. The third kappa shape index (κ3) is 51.0. The van der Waals surface area contributed by atoms with Gasteiger partial charge in [0.15, 0.2) is 0 Å². The van der Waals surface area contributed by atoms with Crippen molar-refractivity contribution in [3.8, 4) is 0 Å². The van der Waals surface area contributed by atoms with E-state index in [0.29, 0.717) is 12.8 Å². The molecule has 0 heterocycles. The van der Waals surface area contributed by atoms with Crippen molar-refractivity contribution in [2.45, 2.75) is 285 Å². The predicted octanol–water partition coefficient (Wildman–Crippen LogP) is 17.1. The molecule has 0 saturated heterocycles. The summed E-state index contributed by atoms with van der Waals surface area (Å²) in [6, 6.07) is 0. The molecule has 0 aliphatic heterocycles. The maximum absolute atomic E-state index is 10.4. The summed E-state index contributed by atoms with van der Waals surface area (Å²) in [4.78, 5) is 20.8. The highest BCUT2D eigenvalue weighted by Crippen LogP contribution is 2.18. The molecule has 0 aliphatic rings. The lowest BCUT2D eigenvalue weighted by molar-refractivity contribution is -0.138. The van der Waals surface area contributed by atoms with E-state index >= 15 is 0 Å². The zero-order valence-electron chi connectivity index (χ0n) is 36.1. The minimum atomic E-state index is -0.651. The second-order valence-corrected chi connectivity index (χ2v) is 16.9. The van der Waals surface area contributed by atoms with Crippen LogP contribution in [0.1, 0.15) is 285 Å². The smallest absolute Gasteiger partial charge is 0.303 e. The third-order valence-electron chi connectivity index (χ3n) is 11.6. The van der Waals surface area contributed by atoms with E-state index in [-0.39, 0.29) is 0 Å². The molecule has 0 aromatic heterocycles. The summed E-state index contributed by atoms with van der Waals surface area (Å²) in [5, 5.41) is 17.1. The molecule has 0 radical (unpaired) electrons. The van der Waals surface area contributed by atoms with Gasteiger partial charge in [0.05, 0.1) is 0 Å². The van der Waals surface area contributed by atoms with E-state index in [2.05, 4.69) is 27.7 Å². The molecule has 0 bridgehead atoms. The van der Waals surface area contributed by atoms with E-state index in [1.807, 2.05) is 0 Å². The summed E-state index contributed by atoms with van der Waals surface area (Å²) < 4.78 is 0. The Hall–Kier alpha value is -1.06. The van der Waals surface area contributed by atoms with Crippen LogP contribution in [0.2, 0.25) is 0 Å². The molecule has 52 heavy (non-hydrogen) atoms. The molecular formula is C48H96O4. The summed E-state index contributed by atoms with van der Waals surface area (Å²) in [6.07, 6.45) is 52.1. The Balaban J connectivity index is 0. The third-order valence-corrected chi connectivity index (χ3v) is 11.6. The monoisotopic (exact) mass is 737 g/mol. The number of carbonyl (C=O) groups is 2. The average Bonchev–Trinajstić information content (AvgIpc) is 3.13. The van der Waals surface area contributed by atoms with Gasteiger partial charge < -0.3 is 10.2 Å². The highest BCUT2D eigenvalue weighted by Gasteiger charge is 2.01. The number of hydrogen-bond donors (Lipinski definition) is 2. The maximum atomic E-state index is 10.4. The van der Waals surface area contributed by atoms with Gasteiger partial charge in [0, 0.05) is 12.8 Å². The maximum Gasteiger partial charge on any atom is 0.303 e. The molecule has 2 unspecified atom stereocenters. The van der Waals surface area contributed by atoms with Gasteiger partial charge in [-0.05, 0) is 24.7 Å². The standard InChI is InChI=1S/2C24H48O2/c2*1-3-23(2)21-19-17-15-13-11-9-7-5-4-6-8-10-12-14-16-18-20-22-24(25)26/h2*23H,3-22H2,1-2H3,(H,25,26). The van der Waals surface area contributed by atoms with Crippen LogP contribution in [-0.4, -0.2) is 22.2 Å². The van der Waals surface area contributed by atoms with Crippen molar-refractivity contribution in [1.29, 1.82) is 0 Å². The first-order chi connectivity index (χ1) is 25.3. The molecular weight excluding hydrogens is 641 g/mol. The number of carboxylic acid groups (broad SMARTS) is 2. The molecule has 0 aromatic carbocycles. The fourth-order valence-electron chi connectivity index (χ4n) is 7.25. The lowest BCUT2D eigenvalue weighted by Gasteiger charge is -2.07. The van der Waals surface area contributed by atoms with Crippen LogP contribution in [0, 0.1) is 11.8 Å². The number of carboxylic acids is 2. The van der Waals surface area contributed by atoms with E-state index in [0.717, 1.165) is 37.5 Å². The van der Waals surface area contributed by atoms with Gasteiger partial charge >= 0.3 is 11.9 Å². The fourth-order valence-corrected chi connectivity index (χ4v) is 7.25. The Labute approximate surface area is 327 Å². The number of aliphatic carboxylic acids is 2. The van der Waals surface area contributed by atoms with Gasteiger partial charge in [0.1, 0.15) is 0 Å². The van der Waals surface area contributed by atoms with E-state index in [9.17, 15) is 9.59 Å². The molecule has 0 spiro atoms. The van der Waals surface area contributed by atoms with Crippen LogP contribution in [0.3, 0.4) is 0 Å². The van der Waals surface area contributed by atoms with Crippen LogP contribution < -0.4 is 0 Å². The lowest BCUT2D eigenvalue weighted by Crippen LogP contribution is -1.93. The average molecular weight is 737 g/mol. The van der Waals surface area contributed by atoms with Crippen molar-refractivity contribution < 1.29 is 19.8 Å². The summed E-state index contributed by atoms with van der Waals surface area (Å²) in [7, 11) is 0. The quantitative estimate of drug-likeness (QED) is 0.0612. The second-order valence-electron chi connectivity index (χ2n) is 16.9. The van der Waals surface area contributed by atoms with Crippen molar-refractivity contribution in [3.63, 3.8) is 0 Å². The van der Waals surface area contributed by atoms with E-state index in [1.54, 1.807) is 0 Å². The van der Waals surface area contributed by atoms with Crippen molar-refractivity contribution >= 4 is 11.9 Å². The van der Waals surface area contributed by atoms with Gasteiger partial charge in [0.25, 0.3) is 0 Å². The highest BCUT2D eigenvalue weighted by molar-refractivity contribution is 5.66. The van der Waals surface area contributed by atoms with Gasteiger partial charge in [-0.25, -0.2) is 0 Å². The van der Waals surface area contributed by atoms with Gasteiger partial charge in [-0.15, -0.1) is 0 Å². The van der Waals surface area contributed by atoms with Crippen LogP contribution in [0.15, 0.2) is 0 Å². The summed E-state index contributed by atoms with van der Waals surface area (Å²) in [6.45, 7) is 9.37. The Morgan fingerprint density at radius 3 is 0.615 bits per heavy atom. The molecule has 0 aromatic rings. The number of hydrogen-bond acceptors (Lipinski definition) is 2. The van der Waals surface area contributed by atoms with Crippen LogP contribution >= 0.6 is 0 Å². The number of rotatable bonds is 42. The zero-order chi connectivity index (χ0) is 38.6. The van der Waals surface area contributed by atoms with Crippen molar-refractivity contribution in [1.82, 2.24) is 0 Å². The SMILES string of the molecule is CCC(C)CCCCCCCCCCCCCCCCCCCC(=O)O.CCC(C)CCCCCCCCCCCCCCCCCCCC(=O)O. The molecule has 0 amide bonds. The van der Waals surface area contributed by atoms with Crippen molar-refractivity contribution in [3.05, 3.63) is 0 Å². The molecule has 4 heteroatoms. The van der Waals surface area contributed by atoms with Crippen LogP contribution in [-0.2, 0) is 9.59 Å². The van der Waals surface area contributed by atoms with Crippen LogP contribution in [0.25, 0.3) is 0 Å². The van der Waals surface area contributed by atoms with Gasteiger partial charge in [-0.2, -0.15) is 0 Å². The molecule has 2 atom stereocenters. The summed E-state index contributed by atoms with van der Waals surface area (Å²) in [5.74, 6) is 0.557. The Bertz CT molecular complexity index is 634. The van der Waals surface area contributed by atoms with Crippen molar-refractivity contribution in [2.24, 2.45) is 11.8 Å². The molecule has 0 saturated carbocycles. The normalized spacial score (nSPS) is 12.4. The molecule has 0 fully saturated rings. The molecule has 312 valence electrons. The fraction of sp³-hybridized carbons (Fsp3) is 0.958. The molecule has 0 aliphatic carbocycles. The topological polar surface area (TPSA) is 74.6 Å². The predicted molar refractivity (Wildman–Crippen MR) is 230 cm³/mol. The van der Waals surface area contributed by atoms with Gasteiger partial charge in [-0.1, -0.05) is 259 Å². The summed E-state index contributed by atoms with van der Waals surface area (Å²) in [5.41, 5.74) is 0. The Morgan fingerprint density at radius 1 is 0.308 bits per heavy atom. The Kier molecular flexibility index (Phi) is 47.0. The minimum Gasteiger partial charge on any atom is -0.481 e. The minimum absolute atomic E-state index is 0.345. The van der Waals surface area contributed by atoms with Crippen LogP contribution in [0.4, 0.5) is 0 Å². The summed E-state index contributed by atoms with van der Waals surface area (Å²) >= 11 is 0. The van der Waals surface area contributed by atoms with Gasteiger partial charge in [-0.3, -0.25) is 9.59 Å². The van der Waals surface area contributed by atoms with E-state index < -0.39 is 11.9 Å². The highest BCUT2D eigenvalue weighted by atomic mass is 16.4. The first-order valence-corrected chi connectivity index (χ1v) is 23.8. The molecule has 0 rings (SSSR count). The van der Waals surface area contributed by atoms with E-state index in [1.165, 1.54) is 218 Å². The largest absolute Gasteiger partial charge is 0.481 e. The lowest BCUT2D eigenvalue weighted by atomic mass is 9.99. The first kappa shape index (κ1) is 53.0. The molecule has 4 nitrogen and oxygen atoms in total. The van der Waals surface area contributed by atoms with Crippen LogP contribution in [0.5, 0.6) is 0 Å². The van der Waals surface area contributed by atoms with E-state index in [4.69, 9.17) is 10.2 Å². The molecule has 2 N–H and O–H groups in total. The van der Waals surface area contributed by atoms with Gasteiger partial charge in [0.2, 0.25) is 0 Å². The van der Waals surface area contributed by atoms with Crippen molar-refractivity contribution in [2.75, 3.05) is 0 Å². The Morgan fingerprint density at radius 2 is 0.462 bits per heavy atom. The second kappa shape index (κ2) is 46.1. The number of unbranched alkanes of at least 4 members (excludes halogenated alkanes) is 32. The first-order valence-electron chi connectivity index (χ1n) is 23.8.